The first-order valence-electron chi connectivity index (χ1n) is 10.6. The molecule has 6 nitrogen and oxygen atoms in total. The highest BCUT2D eigenvalue weighted by Gasteiger charge is 2.21. The number of hydrogen-bond acceptors (Lipinski definition) is 5. The van der Waals surface area contributed by atoms with Crippen molar-refractivity contribution < 1.29 is 9.13 Å². The van der Waals surface area contributed by atoms with E-state index in [1.54, 1.807) is 13.3 Å². The molecule has 0 bridgehead atoms. The van der Waals surface area contributed by atoms with Crippen LogP contribution in [0.15, 0.2) is 42.6 Å². The number of aryl methyl sites for hydroxylation is 1. The van der Waals surface area contributed by atoms with Gasteiger partial charge in [0.25, 0.3) is 0 Å². The highest BCUT2D eigenvalue weighted by Crippen LogP contribution is 2.34. The third-order valence-corrected chi connectivity index (χ3v) is 6.05. The second kappa shape index (κ2) is 8.06. The van der Waals surface area contributed by atoms with Gasteiger partial charge in [0.1, 0.15) is 0 Å². The molecule has 0 spiro atoms. The topological polar surface area (TPSA) is 65.7 Å². The largest absolute Gasteiger partial charge is 0.480 e. The lowest BCUT2D eigenvalue weighted by molar-refractivity contribution is 0.374. The van der Waals surface area contributed by atoms with Crippen molar-refractivity contribution in [2.45, 2.75) is 39.2 Å². The molecule has 1 fully saturated rings. The maximum atomic E-state index is 15.3. The number of nitrogens with zero attached hydrogens (tertiary/aromatic N) is 5. The summed E-state index contributed by atoms with van der Waals surface area (Å²) in [6.45, 7) is 2.56. The van der Waals surface area contributed by atoms with Crippen LogP contribution >= 0.6 is 0 Å². The standard InChI is InChI=1S/C24H24FN5O/c1-15-7-10-19(20-13-26-30(24(20)25)14-16-5-3-4-6-16)23(27-15)18-9-8-17-12-22(31-2)29-28-21(17)11-18/h7-13,16H,3-6,14H2,1-2H3. The third kappa shape index (κ3) is 3.76. The van der Waals surface area contributed by atoms with Crippen LogP contribution in [0.1, 0.15) is 31.4 Å². The Morgan fingerprint density at radius 2 is 1.90 bits per heavy atom. The summed E-state index contributed by atoms with van der Waals surface area (Å²) in [5.41, 5.74) is 4.35. The summed E-state index contributed by atoms with van der Waals surface area (Å²) in [4.78, 5) is 4.74. The second-order valence-corrected chi connectivity index (χ2v) is 8.19. The van der Waals surface area contributed by atoms with Gasteiger partial charge in [-0.15, -0.1) is 10.2 Å². The fourth-order valence-corrected chi connectivity index (χ4v) is 4.37. The predicted octanol–water partition coefficient (Wildman–Crippen LogP) is 5.20. The van der Waals surface area contributed by atoms with Crippen LogP contribution in [0.5, 0.6) is 5.88 Å². The fourth-order valence-electron chi connectivity index (χ4n) is 4.37. The number of aromatic nitrogens is 5. The molecule has 0 amide bonds. The van der Waals surface area contributed by atoms with Crippen molar-refractivity contribution in [2.24, 2.45) is 5.92 Å². The van der Waals surface area contributed by atoms with E-state index in [0.29, 0.717) is 29.6 Å². The van der Waals surface area contributed by atoms with Gasteiger partial charge >= 0.3 is 0 Å². The summed E-state index contributed by atoms with van der Waals surface area (Å²) in [5, 5.41) is 13.6. The average molecular weight is 417 g/mol. The Hall–Kier alpha value is -3.35. The van der Waals surface area contributed by atoms with Gasteiger partial charge in [0.05, 0.1) is 30.1 Å². The molecule has 5 rings (SSSR count). The zero-order valence-electron chi connectivity index (χ0n) is 17.7. The molecule has 1 aliphatic carbocycles. The lowest BCUT2D eigenvalue weighted by atomic mass is 10.00. The maximum Gasteiger partial charge on any atom is 0.233 e. The normalized spacial score (nSPS) is 14.4. The van der Waals surface area contributed by atoms with Gasteiger partial charge in [0, 0.05) is 34.8 Å². The van der Waals surface area contributed by atoms with E-state index in [0.717, 1.165) is 40.6 Å². The number of hydrogen-bond donors (Lipinski definition) is 0. The second-order valence-electron chi connectivity index (χ2n) is 8.19. The Kier molecular flexibility index (Phi) is 5.10. The molecule has 0 aliphatic heterocycles. The Labute approximate surface area is 180 Å². The predicted molar refractivity (Wildman–Crippen MR) is 117 cm³/mol. The molecule has 1 aromatic carbocycles. The Balaban J connectivity index is 1.56. The summed E-state index contributed by atoms with van der Waals surface area (Å²) in [5.74, 6) is 0.671. The van der Waals surface area contributed by atoms with Crippen molar-refractivity contribution in [3.63, 3.8) is 0 Å². The molecule has 1 aliphatic rings. The first-order chi connectivity index (χ1) is 15.1. The van der Waals surface area contributed by atoms with Crippen molar-refractivity contribution in [3.05, 3.63) is 54.2 Å². The minimum Gasteiger partial charge on any atom is -0.480 e. The number of methoxy groups -OCH3 is 1. The van der Waals surface area contributed by atoms with E-state index in [2.05, 4.69) is 15.3 Å². The van der Waals surface area contributed by atoms with Gasteiger partial charge in [-0.3, -0.25) is 4.98 Å². The van der Waals surface area contributed by atoms with Gasteiger partial charge in [-0.1, -0.05) is 31.0 Å². The van der Waals surface area contributed by atoms with Crippen molar-refractivity contribution in [1.29, 1.82) is 0 Å². The number of ether oxygens (including phenoxy) is 1. The number of fused-ring (bicyclic) bond motifs is 1. The number of benzene rings is 1. The van der Waals surface area contributed by atoms with Crippen molar-refractivity contribution in [1.82, 2.24) is 25.0 Å². The minimum absolute atomic E-state index is 0.302. The monoisotopic (exact) mass is 417 g/mol. The molecule has 1 saturated carbocycles. The van der Waals surface area contributed by atoms with E-state index < -0.39 is 0 Å². The summed E-state index contributed by atoms with van der Waals surface area (Å²) >= 11 is 0. The van der Waals surface area contributed by atoms with Crippen LogP contribution in [0.4, 0.5) is 4.39 Å². The molecular weight excluding hydrogens is 393 g/mol. The van der Waals surface area contributed by atoms with Crippen LogP contribution in [0.3, 0.4) is 0 Å². The van der Waals surface area contributed by atoms with Crippen LogP contribution in [0, 0.1) is 18.8 Å². The first kappa shape index (κ1) is 19.6. The molecule has 31 heavy (non-hydrogen) atoms. The lowest BCUT2D eigenvalue weighted by Gasteiger charge is -2.11. The number of halogens is 1. The number of pyridine rings is 1. The summed E-state index contributed by atoms with van der Waals surface area (Å²) in [7, 11) is 1.56. The van der Waals surface area contributed by atoms with Crippen LogP contribution in [-0.4, -0.2) is 32.1 Å². The molecule has 0 atom stereocenters. The van der Waals surface area contributed by atoms with Gasteiger partial charge in [-0.2, -0.15) is 9.49 Å². The number of rotatable bonds is 5. The van der Waals surface area contributed by atoms with Crippen LogP contribution in [-0.2, 0) is 6.54 Å². The molecule has 0 N–H and O–H groups in total. The van der Waals surface area contributed by atoms with E-state index in [1.165, 1.54) is 17.5 Å². The van der Waals surface area contributed by atoms with Crippen LogP contribution in [0.25, 0.3) is 33.3 Å². The minimum atomic E-state index is -0.302. The average Bonchev–Trinajstić information content (AvgIpc) is 3.43. The van der Waals surface area contributed by atoms with E-state index >= 15 is 4.39 Å². The van der Waals surface area contributed by atoms with E-state index in [-0.39, 0.29) is 5.95 Å². The molecule has 4 aromatic rings. The van der Waals surface area contributed by atoms with E-state index in [4.69, 9.17) is 9.72 Å². The highest BCUT2D eigenvalue weighted by molar-refractivity contribution is 5.88. The quantitative estimate of drug-likeness (QED) is 0.446. The molecule has 3 heterocycles. The first-order valence-corrected chi connectivity index (χ1v) is 10.6. The molecule has 3 aromatic heterocycles. The zero-order valence-corrected chi connectivity index (χ0v) is 17.7. The molecule has 0 radical (unpaired) electrons. The van der Waals surface area contributed by atoms with Crippen LogP contribution in [0.2, 0.25) is 0 Å². The van der Waals surface area contributed by atoms with Crippen LogP contribution < -0.4 is 4.74 Å². The van der Waals surface area contributed by atoms with Crippen molar-refractivity contribution in [3.8, 4) is 28.3 Å². The third-order valence-electron chi connectivity index (χ3n) is 6.05. The molecule has 158 valence electrons. The highest BCUT2D eigenvalue weighted by atomic mass is 19.1. The van der Waals surface area contributed by atoms with E-state index in [9.17, 15) is 0 Å². The Bertz CT molecular complexity index is 1250. The molecule has 7 heteroatoms. The summed E-state index contributed by atoms with van der Waals surface area (Å²) in [6.07, 6.45) is 6.36. The van der Waals surface area contributed by atoms with Gasteiger partial charge in [0.15, 0.2) is 0 Å². The lowest BCUT2D eigenvalue weighted by Crippen LogP contribution is -2.10. The van der Waals surface area contributed by atoms with Crippen molar-refractivity contribution in [2.75, 3.05) is 7.11 Å². The molecule has 0 unspecified atom stereocenters. The fraction of sp³-hybridized carbons (Fsp3) is 0.333. The maximum absolute atomic E-state index is 15.3. The zero-order chi connectivity index (χ0) is 21.4. The van der Waals surface area contributed by atoms with E-state index in [1.807, 2.05) is 43.3 Å². The Morgan fingerprint density at radius 1 is 1.06 bits per heavy atom. The van der Waals surface area contributed by atoms with Gasteiger partial charge in [-0.05, 0) is 37.8 Å². The Morgan fingerprint density at radius 3 is 2.71 bits per heavy atom. The summed E-state index contributed by atoms with van der Waals surface area (Å²) < 4.78 is 22.0. The van der Waals surface area contributed by atoms with Crippen molar-refractivity contribution >= 4 is 10.9 Å². The van der Waals surface area contributed by atoms with Gasteiger partial charge in [-0.25, -0.2) is 4.68 Å². The molecular formula is C24H24FN5O. The summed E-state index contributed by atoms with van der Waals surface area (Å²) in [6, 6.07) is 11.5. The molecule has 0 saturated heterocycles. The SMILES string of the molecule is COc1cc2ccc(-c3nc(C)ccc3-c3cnn(CC4CCCC4)c3F)cc2nn1. The smallest absolute Gasteiger partial charge is 0.233 e. The van der Waals surface area contributed by atoms with Gasteiger partial charge in [0.2, 0.25) is 11.8 Å². The van der Waals surface area contributed by atoms with Gasteiger partial charge < -0.3 is 4.74 Å².